The first kappa shape index (κ1) is 13.0. The standard InChI is InChI=1S/C14H23NO/c1-12(2)5-4-6-13(3)9-10-15(11-16)14-7-8-14/h5,9,11,14H,4,6-8,10H2,1-3H3/b13-9+. The lowest BCUT2D eigenvalue weighted by atomic mass is 10.1. The third-order valence-corrected chi connectivity index (χ3v) is 2.89. The molecule has 0 aromatic carbocycles. The molecule has 0 aliphatic heterocycles. The maximum atomic E-state index is 10.8. The fraction of sp³-hybridized carbons (Fsp3) is 0.643. The van der Waals surface area contributed by atoms with E-state index in [1.165, 1.54) is 24.0 Å². The van der Waals surface area contributed by atoms with E-state index in [4.69, 9.17) is 0 Å². The Morgan fingerprint density at radius 3 is 2.44 bits per heavy atom. The second-order valence-electron chi connectivity index (χ2n) is 4.90. The van der Waals surface area contributed by atoms with Crippen molar-refractivity contribution in [1.29, 1.82) is 0 Å². The molecule has 0 aromatic rings. The van der Waals surface area contributed by atoms with Gasteiger partial charge in [-0.25, -0.2) is 0 Å². The van der Waals surface area contributed by atoms with Crippen molar-refractivity contribution < 1.29 is 4.79 Å². The third-order valence-electron chi connectivity index (χ3n) is 2.89. The zero-order valence-electron chi connectivity index (χ0n) is 10.7. The lowest BCUT2D eigenvalue weighted by Gasteiger charge is -2.14. The number of amides is 1. The van der Waals surface area contributed by atoms with E-state index in [1.807, 2.05) is 4.90 Å². The molecule has 16 heavy (non-hydrogen) atoms. The molecular weight excluding hydrogens is 198 g/mol. The average molecular weight is 221 g/mol. The third kappa shape index (κ3) is 5.15. The summed E-state index contributed by atoms with van der Waals surface area (Å²) in [5, 5.41) is 0. The smallest absolute Gasteiger partial charge is 0.210 e. The summed E-state index contributed by atoms with van der Waals surface area (Å²) in [6, 6.07) is 0.527. The topological polar surface area (TPSA) is 20.3 Å². The molecule has 0 heterocycles. The Labute approximate surface area is 99.0 Å². The monoisotopic (exact) mass is 221 g/mol. The Hall–Kier alpha value is -1.05. The highest BCUT2D eigenvalue weighted by Crippen LogP contribution is 2.25. The van der Waals surface area contributed by atoms with E-state index in [9.17, 15) is 4.79 Å². The molecule has 0 unspecified atom stereocenters. The van der Waals surface area contributed by atoms with E-state index in [0.717, 1.165) is 25.8 Å². The van der Waals surface area contributed by atoms with E-state index < -0.39 is 0 Å². The zero-order valence-corrected chi connectivity index (χ0v) is 10.7. The predicted octanol–water partition coefficient (Wildman–Crippen LogP) is 3.30. The molecule has 1 fully saturated rings. The Morgan fingerprint density at radius 2 is 1.94 bits per heavy atom. The molecule has 2 heteroatoms. The first-order valence-electron chi connectivity index (χ1n) is 6.13. The van der Waals surface area contributed by atoms with Gasteiger partial charge in [-0.15, -0.1) is 0 Å². The summed E-state index contributed by atoms with van der Waals surface area (Å²) >= 11 is 0. The number of rotatable bonds is 7. The van der Waals surface area contributed by atoms with Crippen molar-refractivity contribution in [3.63, 3.8) is 0 Å². The Balaban J connectivity index is 2.26. The van der Waals surface area contributed by atoms with Gasteiger partial charge >= 0.3 is 0 Å². The van der Waals surface area contributed by atoms with Gasteiger partial charge in [0.1, 0.15) is 0 Å². The molecule has 0 bridgehead atoms. The fourth-order valence-corrected chi connectivity index (χ4v) is 1.64. The van der Waals surface area contributed by atoms with Gasteiger partial charge in [0.25, 0.3) is 0 Å². The van der Waals surface area contributed by atoms with Gasteiger partial charge < -0.3 is 4.90 Å². The average Bonchev–Trinajstić information content (AvgIpc) is 3.02. The Morgan fingerprint density at radius 1 is 1.25 bits per heavy atom. The maximum absolute atomic E-state index is 10.8. The predicted molar refractivity (Wildman–Crippen MR) is 68.2 cm³/mol. The van der Waals surface area contributed by atoms with Crippen LogP contribution in [0.5, 0.6) is 0 Å². The van der Waals surface area contributed by atoms with Gasteiger partial charge in [-0.05, 0) is 46.5 Å². The van der Waals surface area contributed by atoms with Crippen molar-refractivity contribution in [3.05, 3.63) is 23.3 Å². The normalized spacial score (nSPS) is 15.8. The van der Waals surface area contributed by atoms with Gasteiger partial charge in [0.2, 0.25) is 6.41 Å². The minimum atomic E-state index is 0.527. The van der Waals surface area contributed by atoms with Crippen LogP contribution in [0.2, 0.25) is 0 Å². The van der Waals surface area contributed by atoms with E-state index >= 15 is 0 Å². The molecule has 0 N–H and O–H groups in total. The Bertz CT molecular complexity index is 283. The molecule has 2 nitrogen and oxygen atoms in total. The zero-order chi connectivity index (χ0) is 12.0. The molecular formula is C14H23NO. The highest BCUT2D eigenvalue weighted by atomic mass is 16.1. The van der Waals surface area contributed by atoms with Crippen LogP contribution in [0.15, 0.2) is 23.3 Å². The molecule has 0 radical (unpaired) electrons. The van der Waals surface area contributed by atoms with Crippen LogP contribution in [0.4, 0.5) is 0 Å². The first-order chi connectivity index (χ1) is 7.63. The molecule has 1 aliphatic carbocycles. The minimum absolute atomic E-state index is 0.527. The van der Waals surface area contributed by atoms with Gasteiger partial charge in [-0.2, -0.15) is 0 Å². The number of carbonyl (C=O) groups is 1. The number of hydrogen-bond acceptors (Lipinski definition) is 1. The summed E-state index contributed by atoms with van der Waals surface area (Å²) in [4.78, 5) is 12.7. The van der Waals surface area contributed by atoms with Gasteiger partial charge in [-0.1, -0.05) is 23.3 Å². The SMILES string of the molecule is CC(C)=CCC/C(C)=C/CN(C=O)C1CC1. The fourth-order valence-electron chi connectivity index (χ4n) is 1.64. The van der Waals surface area contributed by atoms with Crippen LogP contribution in [-0.2, 0) is 4.79 Å². The van der Waals surface area contributed by atoms with Gasteiger partial charge in [0.15, 0.2) is 0 Å². The number of nitrogens with zero attached hydrogens (tertiary/aromatic N) is 1. The Kier molecular flexibility index (Phi) is 5.30. The molecule has 1 saturated carbocycles. The summed E-state index contributed by atoms with van der Waals surface area (Å²) in [5.74, 6) is 0. The molecule has 0 atom stereocenters. The summed E-state index contributed by atoms with van der Waals surface area (Å²) in [7, 11) is 0. The summed E-state index contributed by atoms with van der Waals surface area (Å²) in [5.41, 5.74) is 2.75. The van der Waals surface area contributed by atoms with Crippen molar-refractivity contribution in [2.75, 3.05) is 6.54 Å². The molecule has 0 saturated heterocycles. The quantitative estimate of drug-likeness (QED) is 0.477. The lowest BCUT2D eigenvalue weighted by molar-refractivity contribution is -0.118. The molecule has 1 amide bonds. The summed E-state index contributed by atoms with van der Waals surface area (Å²) < 4.78 is 0. The maximum Gasteiger partial charge on any atom is 0.210 e. The van der Waals surface area contributed by atoms with Gasteiger partial charge in [0.05, 0.1) is 0 Å². The molecule has 1 aliphatic rings. The summed E-state index contributed by atoms with van der Waals surface area (Å²) in [6.07, 6.45) is 10.0. The van der Waals surface area contributed by atoms with E-state index in [2.05, 4.69) is 32.9 Å². The van der Waals surface area contributed by atoms with Crippen LogP contribution >= 0.6 is 0 Å². The van der Waals surface area contributed by atoms with Crippen molar-refractivity contribution >= 4 is 6.41 Å². The van der Waals surface area contributed by atoms with Crippen LogP contribution in [0.1, 0.15) is 46.5 Å². The van der Waals surface area contributed by atoms with Crippen molar-refractivity contribution in [1.82, 2.24) is 4.90 Å². The number of hydrogen-bond donors (Lipinski definition) is 0. The number of carbonyl (C=O) groups excluding carboxylic acids is 1. The molecule has 90 valence electrons. The van der Waals surface area contributed by atoms with Crippen LogP contribution in [0.3, 0.4) is 0 Å². The van der Waals surface area contributed by atoms with Crippen LogP contribution in [0, 0.1) is 0 Å². The van der Waals surface area contributed by atoms with Crippen LogP contribution in [-0.4, -0.2) is 23.9 Å². The number of allylic oxidation sites excluding steroid dienone is 3. The van der Waals surface area contributed by atoms with E-state index in [-0.39, 0.29) is 0 Å². The molecule has 0 spiro atoms. The molecule has 0 aromatic heterocycles. The van der Waals surface area contributed by atoms with Crippen LogP contribution < -0.4 is 0 Å². The van der Waals surface area contributed by atoms with Crippen molar-refractivity contribution in [2.45, 2.75) is 52.5 Å². The van der Waals surface area contributed by atoms with Gasteiger partial charge in [0, 0.05) is 12.6 Å². The largest absolute Gasteiger partial charge is 0.339 e. The van der Waals surface area contributed by atoms with E-state index in [1.54, 1.807) is 0 Å². The van der Waals surface area contributed by atoms with Crippen molar-refractivity contribution in [2.24, 2.45) is 0 Å². The van der Waals surface area contributed by atoms with E-state index in [0.29, 0.717) is 6.04 Å². The van der Waals surface area contributed by atoms with Gasteiger partial charge in [-0.3, -0.25) is 4.79 Å². The summed E-state index contributed by atoms with van der Waals surface area (Å²) in [6.45, 7) is 7.18. The molecule has 1 rings (SSSR count). The second kappa shape index (κ2) is 6.51. The second-order valence-corrected chi connectivity index (χ2v) is 4.90. The highest BCUT2D eigenvalue weighted by Gasteiger charge is 2.26. The lowest BCUT2D eigenvalue weighted by Crippen LogP contribution is -2.24. The van der Waals surface area contributed by atoms with Crippen LogP contribution in [0.25, 0.3) is 0 Å². The minimum Gasteiger partial charge on any atom is -0.339 e. The highest BCUT2D eigenvalue weighted by molar-refractivity contribution is 5.49. The van der Waals surface area contributed by atoms with Crippen molar-refractivity contribution in [3.8, 4) is 0 Å². The first-order valence-corrected chi connectivity index (χ1v) is 6.13.